The van der Waals surface area contributed by atoms with E-state index in [1.807, 2.05) is 10.3 Å². The van der Waals surface area contributed by atoms with E-state index in [2.05, 4.69) is 43.1 Å². The van der Waals surface area contributed by atoms with Crippen molar-refractivity contribution in [3.8, 4) is 10.6 Å². The summed E-state index contributed by atoms with van der Waals surface area (Å²) in [5, 5.41) is 3.01. The average molecular weight is 314 g/mol. The molecule has 1 saturated heterocycles. The molecule has 22 heavy (non-hydrogen) atoms. The lowest BCUT2D eigenvalue weighted by atomic mass is 9.99. The van der Waals surface area contributed by atoms with E-state index in [0.29, 0.717) is 6.42 Å². The van der Waals surface area contributed by atoms with Crippen LogP contribution in [-0.2, 0) is 11.2 Å². The van der Waals surface area contributed by atoms with Crippen LogP contribution in [0.4, 0.5) is 0 Å². The summed E-state index contributed by atoms with van der Waals surface area (Å²) < 4.78 is 0. The molecule has 0 atom stereocenters. The van der Waals surface area contributed by atoms with E-state index in [4.69, 9.17) is 0 Å². The number of piperidine rings is 1. The molecule has 116 valence electrons. The molecule has 1 aliphatic rings. The highest BCUT2D eigenvalue weighted by Crippen LogP contribution is 2.25. The standard InChI is InChI=1S/C18H22N2OS/c1-13-3-5-15(6-4-13)18-19-16(12-22-18)11-17(21)20-9-7-14(2)8-10-20/h3-6,12,14H,7-11H2,1-2H3. The number of carbonyl (C=O) groups excluding carboxylic acids is 1. The molecule has 0 unspecified atom stereocenters. The van der Waals surface area contributed by atoms with E-state index in [0.717, 1.165) is 48.1 Å². The number of aryl methyl sites for hydroxylation is 1. The summed E-state index contributed by atoms with van der Waals surface area (Å²) in [7, 11) is 0. The third-order valence-corrected chi connectivity index (χ3v) is 5.26. The molecule has 1 aromatic heterocycles. The zero-order chi connectivity index (χ0) is 15.5. The number of aromatic nitrogens is 1. The van der Waals surface area contributed by atoms with Crippen molar-refractivity contribution in [2.75, 3.05) is 13.1 Å². The summed E-state index contributed by atoms with van der Waals surface area (Å²) in [6.45, 7) is 6.13. The van der Waals surface area contributed by atoms with Crippen LogP contribution in [0.15, 0.2) is 29.6 Å². The Kier molecular flexibility index (Phi) is 4.57. The van der Waals surface area contributed by atoms with Gasteiger partial charge in [0.05, 0.1) is 12.1 Å². The maximum absolute atomic E-state index is 12.4. The molecule has 0 N–H and O–H groups in total. The molecule has 2 aromatic rings. The van der Waals surface area contributed by atoms with E-state index >= 15 is 0 Å². The number of hydrogen-bond donors (Lipinski definition) is 0. The molecular formula is C18H22N2OS. The van der Waals surface area contributed by atoms with Gasteiger partial charge in [-0.25, -0.2) is 4.98 Å². The monoisotopic (exact) mass is 314 g/mol. The SMILES string of the molecule is Cc1ccc(-c2nc(CC(=O)N3CCC(C)CC3)cs2)cc1. The normalized spacial score (nSPS) is 16.0. The number of amides is 1. The van der Waals surface area contributed by atoms with Gasteiger partial charge in [-0.2, -0.15) is 0 Å². The van der Waals surface area contributed by atoms with Crippen molar-refractivity contribution in [1.82, 2.24) is 9.88 Å². The van der Waals surface area contributed by atoms with Crippen molar-refractivity contribution in [3.05, 3.63) is 40.9 Å². The number of thiazole rings is 1. The Bertz CT molecular complexity index is 639. The van der Waals surface area contributed by atoms with Crippen LogP contribution in [0.25, 0.3) is 10.6 Å². The molecule has 0 bridgehead atoms. The lowest BCUT2D eigenvalue weighted by Gasteiger charge is -2.30. The fourth-order valence-corrected chi connectivity index (χ4v) is 3.57. The summed E-state index contributed by atoms with van der Waals surface area (Å²) in [5.74, 6) is 0.962. The largest absolute Gasteiger partial charge is 0.342 e. The molecule has 0 aliphatic carbocycles. The summed E-state index contributed by atoms with van der Waals surface area (Å²) in [6, 6.07) is 8.37. The average Bonchev–Trinajstić information content (AvgIpc) is 2.97. The van der Waals surface area contributed by atoms with E-state index < -0.39 is 0 Å². The maximum Gasteiger partial charge on any atom is 0.228 e. The van der Waals surface area contributed by atoms with E-state index in [1.165, 1.54) is 5.56 Å². The van der Waals surface area contributed by atoms with E-state index in [9.17, 15) is 4.79 Å². The van der Waals surface area contributed by atoms with Gasteiger partial charge in [-0.3, -0.25) is 4.79 Å². The number of nitrogens with zero attached hydrogens (tertiary/aromatic N) is 2. The molecule has 1 amide bonds. The molecule has 3 rings (SSSR count). The number of carbonyl (C=O) groups is 1. The fourth-order valence-electron chi connectivity index (χ4n) is 2.74. The molecule has 0 saturated carbocycles. The molecule has 1 fully saturated rings. The Hall–Kier alpha value is -1.68. The summed E-state index contributed by atoms with van der Waals surface area (Å²) in [4.78, 5) is 19.0. The quantitative estimate of drug-likeness (QED) is 0.860. The zero-order valence-corrected chi connectivity index (χ0v) is 14.0. The Labute approximate surface area is 136 Å². The Morgan fingerprint density at radius 1 is 1.27 bits per heavy atom. The first-order valence-electron chi connectivity index (χ1n) is 7.91. The highest BCUT2D eigenvalue weighted by molar-refractivity contribution is 7.13. The highest BCUT2D eigenvalue weighted by atomic mass is 32.1. The lowest BCUT2D eigenvalue weighted by molar-refractivity contribution is -0.131. The molecule has 1 aromatic carbocycles. The van der Waals surface area contributed by atoms with Crippen molar-refractivity contribution in [3.63, 3.8) is 0 Å². The molecule has 0 radical (unpaired) electrons. The third kappa shape index (κ3) is 3.55. The number of benzene rings is 1. The van der Waals surface area contributed by atoms with Crippen LogP contribution in [0.2, 0.25) is 0 Å². The first-order valence-corrected chi connectivity index (χ1v) is 8.79. The van der Waals surface area contributed by atoms with Crippen molar-refractivity contribution in [1.29, 1.82) is 0 Å². The van der Waals surface area contributed by atoms with Crippen LogP contribution in [0, 0.1) is 12.8 Å². The van der Waals surface area contributed by atoms with E-state index in [1.54, 1.807) is 11.3 Å². The van der Waals surface area contributed by atoms with Crippen LogP contribution in [0.3, 0.4) is 0 Å². The van der Waals surface area contributed by atoms with Gasteiger partial charge >= 0.3 is 0 Å². The lowest BCUT2D eigenvalue weighted by Crippen LogP contribution is -2.38. The minimum atomic E-state index is 0.215. The second kappa shape index (κ2) is 6.61. The zero-order valence-electron chi connectivity index (χ0n) is 13.2. The van der Waals surface area contributed by atoms with Gasteiger partial charge in [-0.05, 0) is 25.7 Å². The predicted molar refractivity (Wildman–Crippen MR) is 91.0 cm³/mol. The number of rotatable bonds is 3. The van der Waals surface area contributed by atoms with Gasteiger partial charge in [0.25, 0.3) is 0 Å². The second-order valence-electron chi connectivity index (χ2n) is 6.25. The number of likely N-dealkylation sites (tertiary alicyclic amines) is 1. The highest BCUT2D eigenvalue weighted by Gasteiger charge is 2.21. The van der Waals surface area contributed by atoms with Crippen LogP contribution in [0.5, 0.6) is 0 Å². The van der Waals surface area contributed by atoms with Gasteiger partial charge < -0.3 is 4.90 Å². The molecule has 1 aliphatic heterocycles. The predicted octanol–water partition coefficient (Wildman–Crippen LogP) is 3.92. The summed E-state index contributed by atoms with van der Waals surface area (Å²) in [6.07, 6.45) is 2.67. The van der Waals surface area contributed by atoms with Gasteiger partial charge in [0.15, 0.2) is 0 Å². The third-order valence-electron chi connectivity index (χ3n) is 4.32. The van der Waals surface area contributed by atoms with Gasteiger partial charge in [-0.15, -0.1) is 11.3 Å². The smallest absolute Gasteiger partial charge is 0.228 e. The second-order valence-corrected chi connectivity index (χ2v) is 7.11. The summed E-state index contributed by atoms with van der Waals surface area (Å²) >= 11 is 1.62. The van der Waals surface area contributed by atoms with Gasteiger partial charge in [-0.1, -0.05) is 36.8 Å². The molecule has 3 nitrogen and oxygen atoms in total. The van der Waals surface area contributed by atoms with Gasteiger partial charge in [0, 0.05) is 24.0 Å². The van der Waals surface area contributed by atoms with Crippen molar-refractivity contribution in [2.45, 2.75) is 33.1 Å². The summed E-state index contributed by atoms with van der Waals surface area (Å²) in [5.41, 5.74) is 3.26. The van der Waals surface area contributed by atoms with Crippen molar-refractivity contribution >= 4 is 17.2 Å². The van der Waals surface area contributed by atoms with E-state index in [-0.39, 0.29) is 5.91 Å². The Morgan fingerprint density at radius 2 is 1.95 bits per heavy atom. The van der Waals surface area contributed by atoms with Crippen LogP contribution in [0.1, 0.15) is 31.0 Å². The maximum atomic E-state index is 12.4. The van der Waals surface area contributed by atoms with Gasteiger partial charge in [0.1, 0.15) is 5.01 Å². The fraction of sp³-hybridized carbons (Fsp3) is 0.444. The number of hydrogen-bond acceptors (Lipinski definition) is 3. The van der Waals surface area contributed by atoms with Crippen molar-refractivity contribution < 1.29 is 4.79 Å². The first-order chi connectivity index (χ1) is 10.6. The first kappa shape index (κ1) is 15.2. The molecular weight excluding hydrogens is 292 g/mol. The molecule has 4 heteroatoms. The minimum absolute atomic E-state index is 0.215. The van der Waals surface area contributed by atoms with Crippen LogP contribution < -0.4 is 0 Å². The topological polar surface area (TPSA) is 33.2 Å². The molecule has 2 heterocycles. The van der Waals surface area contributed by atoms with Crippen LogP contribution in [-0.4, -0.2) is 28.9 Å². The Morgan fingerprint density at radius 3 is 2.64 bits per heavy atom. The van der Waals surface area contributed by atoms with Gasteiger partial charge in [0.2, 0.25) is 5.91 Å². The molecule has 0 spiro atoms. The minimum Gasteiger partial charge on any atom is -0.342 e. The Balaban J connectivity index is 1.64. The van der Waals surface area contributed by atoms with Crippen molar-refractivity contribution in [2.24, 2.45) is 5.92 Å². The van der Waals surface area contributed by atoms with Crippen LogP contribution >= 0.6 is 11.3 Å².